The molecule has 96 valence electrons. The molecule has 1 aromatic carbocycles. The Morgan fingerprint density at radius 3 is 2.95 bits per heavy atom. The highest BCUT2D eigenvalue weighted by molar-refractivity contribution is 9.10. The van der Waals surface area contributed by atoms with E-state index in [4.69, 9.17) is 16.3 Å². The number of ether oxygens (including phenoxy) is 1. The van der Waals surface area contributed by atoms with Crippen molar-refractivity contribution in [2.75, 3.05) is 0 Å². The zero-order valence-electron chi connectivity index (χ0n) is 9.75. The van der Waals surface area contributed by atoms with E-state index in [2.05, 4.69) is 25.9 Å². The summed E-state index contributed by atoms with van der Waals surface area (Å²) in [5, 5.41) is 0.584. The number of hydrogen-bond acceptors (Lipinski definition) is 3. The monoisotopic (exact) mass is 337 g/mol. The van der Waals surface area contributed by atoms with E-state index in [1.54, 1.807) is 12.3 Å². The first-order valence-corrected chi connectivity index (χ1v) is 6.77. The average molecular weight is 339 g/mol. The van der Waals surface area contributed by atoms with Gasteiger partial charge in [-0.2, -0.15) is 0 Å². The normalized spacial score (nSPS) is 10.8. The number of benzene rings is 1. The summed E-state index contributed by atoms with van der Waals surface area (Å²) in [6.45, 7) is 0.322. The summed E-state index contributed by atoms with van der Waals surface area (Å²) in [7, 11) is 0. The largest absolute Gasteiger partial charge is 0.484 e. The van der Waals surface area contributed by atoms with Crippen molar-refractivity contribution >= 4 is 33.2 Å². The van der Waals surface area contributed by atoms with Gasteiger partial charge in [-0.3, -0.25) is 4.40 Å². The minimum atomic E-state index is 0.322. The molecule has 0 radical (unpaired) electrons. The van der Waals surface area contributed by atoms with Crippen molar-refractivity contribution in [3.05, 3.63) is 58.2 Å². The van der Waals surface area contributed by atoms with Gasteiger partial charge in [0.1, 0.15) is 12.4 Å². The van der Waals surface area contributed by atoms with Crippen LogP contribution in [0.3, 0.4) is 0 Å². The topological polar surface area (TPSA) is 39.4 Å². The minimum Gasteiger partial charge on any atom is -0.484 e. The number of para-hydroxylation sites is 1. The molecule has 0 amide bonds. The van der Waals surface area contributed by atoms with Gasteiger partial charge in [0, 0.05) is 12.4 Å². The number of aromatic nitrogens is 3. The van der Waals surface area contributed by atoms with Gasteiger partial charge in [0.05, 0.1) is 5.02 Å². The van der Waals surface area contributed by atoms with Crippen LogP contribution < -0.4 is 4.74 Å². The van der Waals surface area contributed by atoms with E-state index >= 15 is 0 Å². The lowest BCUT2D eigenvalue weighted by Crippen LogP contribution is -2.01. The van der Waals surface area contributed by atoms with E-state index in [-0.39, 0.29) is 0 Å². The molecule has 2 aromatic heterocycles. The lowest BCUT2D eigenvalue weighted by Gasteiger charge is -2.06. The molecule has 19 heavy (non-hydrogen) atoms. The SMILES string of the molecule is Clc1ccccc1OCc1nc(Br)c2ncccn12. The molecule has 0 unspecified atom stereocenters. The molecule has 0 aliphatic carbocycles. The molecule has 0 bridgehead atoms. The van der Waals surface area contributed by atoms with Crippen LogP contribution in [-0.4, -0.2) is 14.4 Å². The highest BCUT2D eigenvalue weighted by atomic mass is 79.9. The predicted octanol–water partition coefficient (Wildman–Crippen LogP) is 3.72. The molecule has 3 aromatic rings. The summed E-state index contributed by atoms with van der Waals surface area (Å²) in [5.41, 5.74) is 0.764. The Morgan fingerprint density at radius 1 is 1.26 bits per heavy atom. The Morgan fingerprint density at radius 2 is 2.11 bits per heavy atom. The molecule has 0 aliphatic rings. The van der Waals surface area contributed by atoms with Gasteiger partial charge in [-0.1, -0.05) is 23.7 Å². The maximum atomic E-state index is 6.04. The van der Waals surface area contributed by atoms with E-state index < -0.39 is 0 Å². The Balaban J connectivity index is 1.88. The van der Waals surface area contributed by atoms with Gasteiger partial charge in [0.15, 0.2) is 16.1 Å². The van der Waals surface area contributed by atoms with Crippen LogP contribution >= 0.6 is 27.5 Å². The number of rotatable bonds is 3. The zero-order chi connectivity index (χ0) is 13.2. The van der Waals surface area contributed by atoms with Gasteiger partial charge in [-0.15, -0.1) is 0 Å². The standard InChI is InChI=1S/C13H9BrClN3O/c14-12-13-16-6-3-7-18(13)11(17-12)8-19-10-5-2-1-4-9(10)15/h1-7H,8H2. The van der Waals surface area contributed by atoms with Crippen LogP contribution in [0, 0.1) is 0 Å². The molecule has 0 spiro atoms. The Hall–Kier alpha value is -1.59. The fraction of sp³-hybridized carbons (Fsp3) is 0.0769. The molecule has 3 rings (SSSR count). The number of nitrogens with zero attached hydrogens (tertiary/aromatic N) is 3. The Kier molecular flexibility index (Phi) is 3.40. The molecule has 0 atom stereocenters. The highest BCUT2D eigenvalue weighted by Gasteiger charge is 2.10. The molecule has 0 N–H and O–H groups in total. The number of hydrogen-bond donors (Lipinski definition) is 0. The molecular formula is C13H9BrClN3O. The average Bonchev–Trinajstić information content (AvgIpc) is 2.75. The zero-order valence-corrected chi connectivity index (χ0v) is 12.1. The van der Waals surface area contributed by atoms with Crippen LogP contribution in [0.1, 0.15) is 5.82 Å². The van der Waals surface area contributed by atoms with Crippen molar-refractivity contribution in [3.8, 4) is 5.75 Å². The summed E-state index contributed by atoms with van der Waals surface area (Å²) in [5.74, 6) is 1.40. The van der Waals surface area contributed by atoms with Crippen LogP contribution in [-0.2, 0) is 6.61 Å². The second-order valence-electron chi connectivity index (χ2n) is 3.85. The third-order valence-electron chi connectivity index (χ3n) is 2.63. The lowest BCUT2D eigenvalue weighted by molar-refractivity contribution is 0.295. The van der Waals surface area contributed by atoms with Crippen molar-refractivity contribution in [2.24, 2.45) is 0 Å². The molecular weight excluding hydrogens is 330 g/mol. The second-order valence-corrected chi connectivity index (χ2v) is 5.01. The number of fused-ring (bicyclic) bond motifs is 1. The summed E-state index contributed by atoms with van der Waals surface area (Å²) >= 11 is 9.42. The van der Waals surface area contributed by atoms with E-state index in [9.17, 15) is 0 Å². The van der Waals surface area contributed by atoms with E-state index in [0.717, 1.165) is 11.5 Å². The Labute approximate surface area is 123 Å². The molecule has 0 saturated heterocycles. The molecule has 0 fully saturated rings. The van der Waals surface area contributed by atoms with E-state index in [1.165, 1.54) is 0 Å². The van der Waals surface area contributed by atoms with Gasteiger partial charge in [-0.25, -0.2) is 9.97 Å². The van der Waals surface area contributed by atoms with Crippen molar-refractivity contribution in [1.82, 2.24) is 14.4 Å². The maximum absolute atomic E-state index is 6.04. The fourth-order valence-electron chi connectivity index (χ4n) is 1.76. The highest BCUT2D eigenvalue weighted by Crippen LogP contribution is 2.24. The maximum Gasteiger partial charge on any atom is 0.171 e. The lowest BCUT2D eigenvalue weighted by atomic mass is 10.3. The predicted molar refractivity (Wildman–Crippen MR) is 76.5 cm³/mol. The molecule has 4 nitrogen and oxygen atoms in total. The summed E-state index contributed by atoms with van der Waals surface area (Å²) in [6.07, 6.45) is 3.62. The van der Waals surface area contributed by atoms with Crippen LogP contribution in [0.2, 0.25) is 5.02 Å². The first-order chi connectivity index (χ1) is 9.25. The van der Waals surface area contributed by atoms with Crippen LogP contribution in [0.4, 0.5) is 0 Å². The van der Waals surface area contributed by atoms with Crippen molar-refractivity contribution < 1.29 is 4.74 Å². The minimum absolute atomic E-state index is 0.322. The van der Waals surface area contributed by atoms with Crippen molar-refractivity contribution in [1.29, 1.82) is 0 Å². The molecule has 0 aliphatic heterocycles. The van der Waals surface area contributed by atoms with Crippen LogP contribution in [0.25, 0.3) is 5.65 Å². The quantitative estimate of drug-likeness (QED) is 0.730. The van der Waals surface area contributed by atoms with E-state index in [0.29, 0.717) is 22.0 Å². The van der Waals surface area contributed by atoms with Gasteiger partial charge >= 0.3 is 0 Å². The smallest absolute Gasteiger partial charge is 0.171 e. The molecule has 2 heterocycles. The van der Waals surface area contributed by atoms with Crippen molar-refractivity contribution in [3.63, 3.8) is 0 Å². The Bertz CT molecular complexity index is 729. The van der Waals surface area contributed by atoms with E-state index in [1.807, 2.05) is 34.9 Å². The summed E-state index contributed by atoms with van der Waals surface area (Å²) in [6, 6.07) is 9.20. The number of imidazole rings is 1. The van der Waals surface area contributed by atoms with Crippen molar-refractivity contribution in [2.45, 2.75) is 6.61 Å². The van der Waals surface area contributed by atoms with Gasteiger partial charge in [-0.05, 0) is 34.1 Å². The summed E-state index contributed by atoms with van der Waals surface area (Å²) < 4.78 is 8.26. The number of halogens is 2. The third kappa shape index (κ3) is 2.43. The third-order valence-corrected chi connectivity index (χ3v) is 3.47. The van der Waals surface area contributed by atoms with Crippen LogP contribution in [0.15, 0.2) is 47.3 Å². The molecule has 0 saturated carbocycles. The van der Waals surface area contributed by atoms with Gasteiger partial charge in [0.2, 0.25) is 0 Å². The first-order valence-electron chi connectivity index (χ1n) is 5.60. The molecule has 6 heteroatoms. The first kappa shape index (κ1) is 12.4. The van der Waals surface area contributed by atoms with Gasteiger partial charge in [0.25, 0.3) is 0 Å². The van der Waals surface area contributed by atoms with Gasteiger partial charge < -0.3 is 4.74 Å². The fourth-order valence-corrected chi connectivity index (χ4v) is 2.44. The second kappa shape index (κ2) is 5.19. The van der Waals surface area contributed by atoms with Crippen LogP contribution in [0.5, 0.6) is 5.75 Å². The summed E-state index contributed by atoms with van der Waals surface area (Å²) in [4.78, 5) is 8.63.